The van der Waals surface area contributed by atoms with Gasteiger partial charge in [0.1, 0.15) is 0 Å². The fourth-order valence-corrected chi connectivity index (χ4v) is 3.31. The number of hydrogen-bond acceptors (Lipinski definition) is 2. The summed E-state index contributed by atoms with van der Waals surface area (Å²) in [5.41, 5.74) is 0. The van der Waals surface area contributed by atoms with Gasteiger partial charge in [0.2, 0.25) is 0 Å². The second-order valence-electron chi connectivity index (χ2n) is 4.86. The van der Waals surface area contributed by atoms with Gasteiger partial charge in [-0.1, -0.05) is 76.0 Å². The monoisotopic (exact) mass is 262 g/mol. The van der Waals surface area contributed by atoms with Crippen LogP contribution in [0.25, 0.3) is 0 Å². The van der Waals surface area contributed by atoms with Gasteiger partial charge in [-0.25, -0.2) is 0 Å². The normalized spacial score (nSPS) is 11.2. The fraction of sp³-hybridized carbons (Fsp3) is 1.00. The molecule has 0 aliphatic carbocycles. The van der Waals surface area contributed by atoms with Crippen LogP contribution >= 0.6 is 22.5 Å². The molecule has 0 rings (SSSR count). The Kier molecular flexibility index (Phi) is 14.4. The fourth-order valence-electron chi connectivity index (χ4n) is 2.14. The third kappa shape index (κ3) is 11.2. The van der Waals surface area contributed by atoms with E-state index in [9.17, 15) is 0 Å². The molecule has 0 aromatic rings. The number of hydrogen-bond donors (Lipinski definition) is 1. The Morgan fingerprint density at radius 3 is 1.69 bits per heavy atom. The lowest BCUT2D eigenvalue weighted by Crippen LogP contribution is -2.03. The summed E-state index contributed by atoms with van der Waals surface area (Å²) in [6.07, 6.45) is 14.1. The largest absolute Gasteiger partial charge is 0.111 e. The Hall–Kier alpha value is 0.700. The summed E-state index contributed by atoms with van der Waals surface area (Å²) in [7, 11) is 1.73. The van der Waals surface area contributed by atoms with Crippen molar-refractivity contribution in [2.75, 3.05) is 5.75 Å². The van der Waals surface area contributed by atoms with E-state index in [2.05, 4.69) is 25.5 Å². The van der Waals surface area contributed by atoms with Crippen molar-refractivity contribution < 1.29 is 0 Å². The zero-order valence-electron chi connectivity index (χ0n) is 11.2. The lowest BCUT2D eigenvalue weighted by atomic mass is 9.96. The van der Waals surface area contributed by atoms with Gasteiger partial charge in [-0.2, -0.15) is 0 Å². The zero-order chi connectivity index (χ0) is 12.1. The molecule has 0 fully saturated rings. The number of thiol groups is 1. The second kappa shape index (κ2) is 13.8. The molecule has 0 N–H and O–H groups in total. The molecule has 0 heterocycles. The highest BCUT2D eigenvalue weighted by atomic mass is 33.1. The molecule has 16 heavy (non-hydrogen) atoms. The molecule has 0 aliphatic rings. The quantitative estimate of drug-likeness (QED) is 0.251. The summed E-state index contributed by atoms with van der Waals surface area (Å²) in [5.74, 6) is 2.18. The van der Waals surface area contributed by atoms with Crippen molar-refractivity contribution in [2.45, 2.75) is 78.1 Å². The third-order valence-electron chi connectivity index (χ3n) is 3.24. The molecule has 0 saturated heterocycles. The first-order valence-electron chi connectivity index (χ1n) is 7.11. The molecule has 0 radical (unpaired) electrons. The van der Waals surface area contributed by atoms with E-state index in [0.717, 1.165) is 5.92 Å². The first-order chi connectivity index (χ1) is 7.85. The third-order valence-corrected chi connectivity index (χ3v) is 4.31. The SMILES string of the molecule is CCCCCCC(CCCCCC)CSS. The van der Waals surface area contributed by atoms with E-state index in [-0.39, 0.29) is 0 Å². The minimum absolute atomic E-state index is 0.927. The lowest BCUT2D eigenvalue weighted by Gasteiger charge is -2.15. The second-order valence-corrected chi connectivity index (χ2v) is 6.23. The number of unbranched alkanes of at least 4 members (excludes halogenated alkanes) is 6. The van der Waals surface area contributed by atoms with Gasteiger partial charge in [-0.3, -0.25) is 0 Å². The molecule has 0 saturated carbocycles. The van der Waals surface area contributed by atoms with Crippen LogP contribution in [-0.4, -0.2) is 5.75 Å². The van der Waals surface area contributed by atoms with E-state index in [4.69, 9.17) is 0 Å². The predicted octanol–water partition coefficient (Wildman–Crippen LogP) is 6.12. The summed E-state index contributed by atoms with van der Waals surface area (Å²) in [4.78, 5) is 0. The average Bonchev–Trinajstić information content (AvgIpc) is 2.30. The van der Waals surface area contributed by atoms with Crippen molar-refractivity contribution in [2.24, 2.45) is 5.92 Å². The Morgan fingerprint density at radius 1 is 0.812 bits per heavy atom. The molecule has 0 aliphatic heterocycles. The first kappa shape index (κ1) is 16.7. The molecule has 98 valence electrons. The van der Waals surface area contributed by atoms with E-state index in [1.54, 1.807) is 10.8 Å². The van der Waals surface area contributed by atoms with Crippen LogP contribution in [0.4, 0.5) is 0 Å². The Bertz CT molecular complexity index is 114. The van der Waals surface area contributed by atoms with Gasteiger partial charge >= 0.3 is 0 Å². The van der Waals surface area contributed by atoms with Crippen molar-refractivity contribution in [1.29, 1.82) is 0 Å². The van der Waals surface area contributed by atoms with Gasteiger partial charge < -0.3 is 0 Å². The van der Waals surface area contributed by atoms with Crippen LogP contribution in [0.3, 0.4) is 0 Å². The minimum Gasteiger partial charge on any atom is -0.111 e. The molecule has 2 heteroatoms. The van der Waals surface area contributed by atoms with Crippen LogP contribution in [0.1, 0.15) is 78.1 Å². The zero-order valence-corrected chi connectivity index (χ0v) is 12.9. The molecular formula is C14H30S2. The van der Waals surface area contributed by atoms with Gasteiger partial charge in [-0.05, 0) is 18.8 Å². The van der Waals surface area contributed by atoms with Crippen LogP contribution in [-0.2, 0) is 0 Å². The van der Waals surface area contributed by atoms with Crippen molar-refractivity contribution >= 4 is 22.5 Å². The molecule has 0 aromatic carbocycles. The van der Waals surface area contributed by atoms with Gasteiger partial charge in [-0.15, -0.1) is 11.7 Å². The van der Waals surface area contributed by atoms with Crippen LogP contribution in [0.5, 0.6) is 0 Å². The first-order valence-corrected chi connectivity index (χ1v) is 9.15. The predicted molar refractivity (Wildman–Crippen MR) is 82.5 cm³/mol. The van der Waals surface area contributed by atoms with E-state index in [1.165, 1.54) is 70.0 Å². The molecule has 0 atom stereocenters. The molecule has 0 spiro atoms. The summed E-state index contributed by atoms with van der Waals surface area (Å²) < 4.78 is 0. The van der Waals surface area contributed by atoms with E-state index in [0.29, 0.717) is 0 Å². The Labute approximate surface area is 112 Å². The lowest BCUT2D eigenvalue weighted by molar-refractivity contribution is 0.443. The van der Waals surface area contributed by atoms with Crippen molar-refractivity contribution in [1.82, 2.24) is 0 Å². The highest BCUT2D eigenvalue weighted by Gasteiger charge is 2.07. The topological polar surface area (TPSA) is 0 Å². The molecule has 0 bridgehead atoms. The highest BCUT2D eigenvalue weighted by Crippen LogP contribution is 2.23. The molecule has 0 aromatic heterocycles. The van der Waals surface area contributed by atoms with Crippen LogP contribution in [0.2, 0.25) is 0 Å². The van der Waals surface area contributed by atoms with Gasteiger partial charge in [0, 0.05) is 5.75 Å². The average molecular weight is 263 g/mol. The van der Waals surface area contributed by atoms with E-state index >= 15 is 0 Å². The molecular weight excluding hydrogens is 232 g/mol. The van der Waals surface area contributed by atoms with Crippen LogP contribution < -0.4 is 0 Å². The van der Waals surface area contributed by atoms with Crippen LogP contribution in [0, 0.1) is 5.92 Å². The molecule has 0 nitrogen and oxygen atoms in total. The van der Waals surface area contributed by atoms with Gasteiger partial charge in [0.05, 0.1) is 0 Å². The summed E-state index contributed by atoms with van der Waals surface area (Å²) >= 11 is 4.30. The summed E-state index contributed by atoms with van der Waals surface area (Å²) in [6, 6.07) is 0. The standard InChI is InChI=1S/C14H30S2/c1-3-5-7-9-11-14(13-16-15)12-10-8-6-4-2/h14-15H,3-13H2,1-2H3. The highest BCUT2D eigenvalue weighted by molar-refractivity contribution is 8.68. The maximum Gasteiger partial charge on any atom is 0.00628 e. The maximum atomic E-state index is 4.30. The van der Waals surface area contributed by atoms with E-state index in [1.807, 2.05) is 0 Å². The Morgan fingerprint density at radius 2 is 1.31 bits per heavy atom. The summed E-state index contributed by atoms with van der Waals surface area (Å²) in [6.45, 7) is 4.57. The van der Waals surface area contributed by atoms with Crippen molar-refractivity contribution in [3.63, 3.8) is 0 Å². The molecule has 0 unspecified atom stereocenters. The smallest absolute Gasteiger partial charge is 0.00628 e. The van der Waals surface area contributed by atoms with Gasteiger partial charge in [0.15, 0.2) is 0 Å². The number of rotatable bonds is 12. The van der Waals surface area contributed by atoms with Gasteiger partial charge in [0.25, 0.3) is 0 Å². The maximum absolute atomic E-state index is 4.30. The van der Waals surface area contributed by atoms with Crippen molar-refractivity contribution in [3.8, 4) is 0 Å². The summed E-state index contributed by atoms with van der Waals surface area (Å²) in [5, 5.41) is 0. The minimum atomic E-state index is 0.927. The van der Waals surface area contributed by atoms with Crippen LogP contribution in [0.15, 0.2) is 0 Å². The molecule has 0 amide bonds. The Balaban J connectivity index is 3.45. The van der Waals surface area contributed by atoms with E-state index < -0.39 is 0 Å². The van der Waals surface area contributed by atoms with Crippen molar-refractivity contribution in [3.05, 3.63) is 0 Å².